The summed E-state index contributed by atoms with van der Waals surface area (Å²) in [7, 11) is 0. The topological polar surface area (TPSA) is 63.5 Å². The summed E-state index contributed by atoms with van der Waals surface area (Å²) in [6.07, 6.45) is 4.11. The normalized spacial score (nSPS) is 28.9. The SMILES string of the molecule is O=C1[C@H](N2CCOCC2)[C@@H]2CCCC[C@]2(n2nc3ccccc3n2)N1Cc1ccccc1. The van der Waals surface area contributed by atoms with Crippen molar-refractivity contribution in [1.82, 2.24) is 24.8 Å². The first-order valence-corrected chi connectivity index (χ1v) is 11.8. The molecule has 3 heterocycles. The van der Waals surface area contributed by atoms with Gasteiger partial charge < -0.3 is 9.64 Å². The Balaban J connectivity index is 1.49. The third-order valence-corrected chi connectivity index (χ3v) is 7.53. The Morgan fingerprint density at radius 2 is 1.62 bits per heavy atom. The Labute approximate surface area is 187 Å². The third-order valence-electron chi connectivity index (χ3n) is 7.53. The molecule has 0 N–H and O–H groups in total. The van der Waals surface area contributed by atoms with Crippen LogP contribution in [0.1, 0.15) is 31.2 Å². The van der Waals surface area contributed by atoms with Gasteiger partial charge in [0.15, 0.2) is 5.66 Å². The summed E-state index contributed by atoms with van der Waals surface area (Å²) < 4.78 is 5.61. The fourth-order valence-corrected chi connectivity index (χ4v) is 6.07. The molecular formula is C25H29N5O2. The molecular weight excluding hydrogens is 402 g/mol. The van der Waals surface area contributed by atoms with Crippen molar-refractivity contribution < 1.29 is 9.53 Å². The van der Waals surface area contributed by atoms with E-state index in [9.17, 15) is 4.79 Å². The van der Waals surface area contributed by atoms with Crippen LogP contribution in [0, 0.1) is 5.92 Å². The first kappa shape index (κ1) is 19.9. The largest absolute Gasteiger partial charge is 0.379 e. The van der Waals surface area contributed by atoms with Crippen LogP contribution in [0.3, 0.4) is 0 Å². The Bertz CT molecular complexity index is 1080. The van der Waals surface area contributed by atoms with E-state index in [1.807, 2.05) is 47.3 Å². The molecule has 2 aliphatic heterocycles. The monoisotopic (exact) mass is 431 g/mol. The van der Waals surface area contributed by atoms with Crippen LogP contribution in [0.15, 0.2) is 54.6 Å². The molecule has 1 amide bonds. The second-order valence-electron chi connectivity index (χ2n) is 9.21. The number of benzene rings is 2. The summed E-state index contributed by atoms with van der Waals surface area (Å²) in [4.78, 5) is 20.5. The number of ether oxygens (including phenoxy) is 1. The minimum absolute atomic E-state index is 0.142. The average Bonchev–Trinajstić information content (AvgIpc) is 3.39. The molecule has 2 saturated heterocycles. The summed E-state index contributed by atoms with van der Waals surface area (Å²) in [5, 5.41) is 9.89. The molecule has 0 radical (unpaired) electrons. The minimum Gasteiger partial charge on any atom is -0.379 e. The van der Waals surface area contributed by atoms with Crippen molar-refractivity contribution in [3.8, 4) is 0 Å². The fourth-order valence-electron chi connectivity index (χ4n) is 6.07. The van der Waals surface area contributed by atoms with E-state index in [1.165, 1.54) is 0 Å². The molecule has 0 unspecified atom stereocenters. The van der Waals surface area contributed by atoms with Gasteiger partial charge >= 0.3 is 0 Å². The second kappa shape index (κ2) is 7.98. The molecule has 3 atom stereocenters. The number of fused-ring (bicyclic) bond motifs is 2. The fraction of sp³-hybridized carbons (Fsp3) is 0.480. The molecule has 2 aromatic carbocycles. The van der Waals surface area contributed by atoms with E-state index in [0.717, 1.165) is 55.4 Å². The number of nitrogens with zero attached hydrogens (tertiary/aromatic N) is 5. The Morgan fingerprint density at radius 3 is 2.34 bits per heavy atom. The predicted molar refractivity (Wildman–Crippen MR) is 121 cm³/mol. The molecule has 32 heavy (non-hydrogen) atoms. The number of carbonyl (C=O) groups excluding carboxylic acids is 1. The third kappa shape index (κ3) is 3.06. The molecule has 166 valence electrons. The zero-order chi connectivity index (χ0) is 21.5. The first-order valence-electron chi connectivity index (χ1n) is 11.8. The zero-order valence-corrected chi connectivity index (χ0v) is 18.3. The lowest BCUT2D eigenvalue weighted by atomic mass is 9.77. The van der Waals surface area contributed by atoms with Crippen molar-refractivity contribution in [3.05, 3.63) is 60.2 Å². The van der Waals surface area contributed by atoms with Gasteiger partial charge in [0.2, 0.25) is 5.91 Å². The second-order valence-corrected chi connectivity index (χ2v) is 9.21. The molecule has 7 heteroatoms. The van der Waals surface area contributed by atoms with Crippen LogP contribution in [0.5, 0.6) is 0 Å². The highest BCUT2D eigenvalue weighted by Gasteiger charge is 2.62. The van der Waals surface area contributed by atoms with Crippen molar-refractivity contribution in [2.24, 2.45) is 5.92 Å². The molecule has 1 aromatic heterocycles. The standard InChI is InChI=1S/C25H29N5O2/c31-24-23(28-14-16-32-17-15-28)20-10-6-7-13-25(20,29(24)18-19-8-2-1-3-9-19)30-26-21-11-4-5-12-22(21)27-30/h1-5,8-9,11-12,20,23H,6-7,10,13-18H2/t20-,23+,25+/m0/s1. The molecule has 0 spiro atoms. The molecule has 1 aliphatic carbocycles. The van der Waals surface area contributed by atoms with Crippen LogP contribution >= 0.6 is 0 Å². The Hall–Kier alpha value is -2.77. The van der Waals surface area contributed by atoms with Crippen LogP contribution in [0.4, 0.5) is 0 Å². The van der Waals surface area contributed by atoms with Gasteiger partial charge in [0.1, 0.15) is 11.0 Å². The quantitative estimate of drug-likeness (QED) is 0.636. The number of hydrogen-bond donors (Lipinski definition) is 0. The molecule has 0 bridgehead atoms. The van der Waals surface area contributed by atoms with E-state index >= 15 is 0 Å². The van der Waals surface area contributed by atoms with Gasteiger partial charge in [0, 0.05) is 25.6 Å². The van der Waals surface area contributed by atoms with E-state index in [0.29, 0.717) is 19.8 Å². The number of amides is 1. The van der Waals surface area contributed by atoms with Crippen LogP contribution in [0.25, 0.3) is 11.0 Å². The van der Waals surface area contributed by atoms with Crippen LogP contribution in [-0.2, 0) is 21.7 Å². The molecule has 3 fully saturated rings. The highest BCUT2D eigenvalue weighted by Crippen LogP contribution is 2.51. The van der Waals surface area contributed by atoms with Crippen molar-refractivity contribution >= 4 is 16.9 Å². The maximum absolute atomic E-state index is 14.1. The van der Waals surface area contributed by atoms with Crippen LogP contribution in [-0.4, -0.2) is 63.0 Å². The van der Waals surface area contributed by atoms with E-state index in [2.05, 4.69) is 21.9 Å². The summed E-state index contributed by atoms with van der Waals surface area (Å²) >= 11 is 0. The summed E-state index contributed by atoms with van der Waals surface area (Å²) in [5.74, 6) is 0.372. The van der Waals surface area contributed by atoms with Crippen molar-refractivity contribution in [1.29, 1.82) is 0 Å². The number of rotatable bonds is 4. The lowest BCUT2D eigenvalue weighted by Gasteiger charge is -2.45. The van der Waals surface area contributed by atoms with E-state index in [-0.39, 0.29) is 17.9 Å². The van der Waals surface area contributed by atoms with Crippen LogP contribution < -0.4 is 0 Å². The first-order chi connectivity index (χ1) is 15.8. The van der Waals surface area contributed by atoms with E-state index < -0.39 is 5.66 Å². The Morgan fingerprint density at radius 1 is 0.938 bits per heavy atom. The van der Waals surface area contributed by atoms with Gasteiger partial charge in [-0.2, -0.15) is 15.0 Å². The Kier molecular flexibility index (Phi) is 4.96. The number of hydrogen-bond acceptors (Lipinski definition) is 5. The zero-order valence-electron chi connectivity index (χ0n) is 18.3. The molecule has 6 rings (SSSR count). The molecule has 1 saturated carbocycles. The van der Waals surface area contributed by atoms with Crippen molar-refractivity contribution in [3.63, 3.8) is 0 Å². The maximum atomic E-state index is 14.1. The predicted octanol–water partition coefficient (Wildman–Crippen LogP) is 3.02. The van der Waals surface area contributed by atoms with Gasteiger partial charge in [-0.25, -0.2) is 0 Å². The summed E-state index contributed by atoms with van der Waals surface area (Å²) in [6, 6.07) is 18.2. The minimum atomic E-state index is -0.535. The molecule has 3 aromatic rings. The summed E-state index contributed by atoms with van der Waals surface area (Å²) in [6.45, 7) is 3.56. The van der Waals surface area contributed by atoms with Gasteiger partial charge in [-0.15, -0.1) is 0 Å². The van der Waals surface area contributed by atoms with Gasteiger partial charge in [-0.05, 0) is 37.0 Å². The number of carbonyl (C=O) groups is 1. The van der Waals surface area contributed by atoms with Crippen molar-refractivity contribution in [2.75, 3.05) is 26.3 Å². The molecule has 7 nitrogen and oxygen atoms in total. The number of morpholine rings is 1. The van der Waals surface area contributed by atoms with E-state index in [1.54, 1.807) is 0 Å². The smallest absolute Gasteiger partial charge is 0.242 e. The van der Waals surface area contributed by atoms with Gasteiger partial charge in [-0.1, -0.05) is 48.9 Å². The van der Waals surface area contributed by atoms with Gasteiger partial charge in [-0.3, -0.25) is 9.69 Å². The summed E-state index contributed by atoms with van der Waals surface area (Å²) in [5.41, 5.74) is 2.37. The average molecular weight is 432 g/mol. The maximum Gasteiger partial charge on any atom is 0.242 e. The van der Waals surface area contributed by atoms with E-state index in [4.69, 9.17) is 14.9 Å². The highest BCUT2D eigenvalue weighted by atomic mass is 16.5. The van der Waals surface area contributed by atoms with Gasteiger partial charge in [0.25, 0.3) is 0 Å². The lowest BCUT2D eigenvalue weighted by molar-refractivity contribution is -0.140. The molecule has 3 aliphatic rings. The van der Waals surface area contributed by atoms with Crippen LogP contribution in [0.2, 0.25) is 0 Å². The van der Waals surface area contributed by atoms with Crippen molar-refractivity contribution in [2.45, 2.75) is 43.9 Å². The number of aromatic nitrogens is 3. The number of likely N-dealkylation sites (tertiary alicyclic amines) is 1. The highest BCUT2D eigenvalue weighted by molar-refractivity contribution is 5.86. The lowest BCUT2D eigenvalue weighted by Crippen LogP contribution is -2.54. The van der Waals surface area contributed by atoms with Gasteiger partial charge in [0.05, 0.1) is 19.3 Å².